The number of carboxylic acids is 1. The second-order valence-electron chi connectivity index (χ2n) is 26.1. The lowest BCUT2D eigenvalue weighted by molar-refractivity contribution is -0.388. The van der Waals surface area contributed by atoms with Crippen molar-refractivity contribution in [1.29, 1.82) is 0 Å². The van der Waals surface area contributed by atoms with Crippen LogP contribution in [0, 0.1) is 0 Å². The summed E-state index contributed by atoms with van der Waals surface area (Å²) in [6, 6.07) is -5.53. The van der Waals surface area contributed by atoms with Crippen LogP contribution in [0.3, 0.4) is 0 Å². The number of hydrogen-bond donors (Lipinski definition) is 27. The molecule has 46 nitrogen and oxygen atoms in total. The number of hydrogen-bond acceptors (Lipinski definition) is 42. The number of ether oxygens (including phenoxy) is 15. The van der Waals surface area contributed by atoms with Gasteiger partial charge in [0.05, 0.1) is 64.5 Å². The molecule has 0 spiro atoms. The van der Waals surface area contributed by atoms with Crippen LogP contribution in [0.25, 0.3) is 0 Å². The highest BCUT2D eigenvalue weighted by molar-refractivity contribution is 5.77. The van der Waals surface area contributed by atoms with Crippen LogP contribution in [0.2, 0.25) is 0 Å². The van der Waals surface area contributed by atoms with Gasteiger partial charge in [-0.15, -0.1) is 0 Å². The van der Waals surface area contributed by atoms with Crippen LogP contribution in [0.4, 0.5) is 0 Å². The van der Waals surface area contributed by atoms with Gasteiger partial charge >= 0.3 is 5.97 Å². The lowest BCUT2D eigenvalue weighted by Crippen LogP contribution is -2.70. The maximum atomic E-state index is 13.2. The Kier molecular flexibility index (Phi) is 29.9. The van der Waals surface area contributed by atoms with Crippen LogP contribution in [0.1, 0.15) is 34.1 Å². The highest BCUT2D eigenvalue weighted by Crippen LogP contribution is 2.40. The Bertz CT molecular complexity index is 2720. The minimum absolute atomic E-state index is 0.824. The highest BCUT2D eigenvalue weighted by atomic mass is 16.8. The number of rotatable bonds is 27. The molecule has 8 fully saturated rings. The maximum absolute atomic E-state index is 13.2. The summed E-state index contributed by atoms with van der Waals surface area (Å²) in [6.45, 7) is -3.70. The van der Waals surface area contributed by atoms with Gasteiger partial charge in [-0.2, -0.15) is 0 Å². The van der Waals surface area contributed by atoms with E-state index < -0.39 is 327 Å². The zero-order chi connectivity index (χ0) is 76.3. The second kappa shape index (κ2) is 36.3. The quantitative estimate of drug-likeness (QED) is 0.0363. The number of carboxylic acid groups (broad SMARTS) is 1. The van der Waals surface area contributed by atoms with Crippen molar-refractivity contribution >= 4 is 23.7 Å². The molecular weight excluding hydrogens is 1410 g/mol. The molecule has 103 heavy (non-hydrogen) atoms. The van der Waals surface area contributed by atoms with Crippen LogP contribution >= 0.6 is 0 Å². The van der Waals surface area contributed by atoms with Gasteiger partial charge in [-0.05, 0) is 6.92 Å². The lowest BCUT2D eigenvalue weighted by Gasteiger charge is -2.51. The predicted molar refractivity (Wildman–Crippen MR) is 315 cm³/mol. The van der Waals surface area contributed by atoms with E-state index in [1.54, 1.807) is 0 Å². The van der Waals surface area contributed by atoms with Crippen molar-refractivity contribution in [1.82, 2.24) is 16.0 Å². The predicted octanol–water partition coefficient (Wildman–Crippen LogP) is -17.8. The molecule has 0 bridgehead atoms. The Labute approximate surface area is 582 Å². The van der Waals surface area contributed by atoms with E-state index >= 15 is 0 Å². The monoisotopic (exact) mass is 1510 g/mol. The van der Waals surface area contributed by atoms with Gasteiger partial charge in [-0.1, -0.05) is 0 Å². The fourth-order valence-electron chi connectivity index (χ4n) is 13.1. The van der Waals surface area contributed by atoms with E-state index in [1.807, 2.05) is 0 Å². The third kappa shape index (κ3) is 18.6. The molecule has 46 heteroatoms. The van der Waals surface area contributed by atoms with E-state index in [-0.39, 0.29) is 0 Å². The molecule has 0 saturated carbocycles. The largest absolute Gasteiger partial charge is 0.477 e. The van der Waals surface area contributed by atoms with Crippen LogP contribution in [-0.4, -0.2) is 444 Å². The average molecular weight is 1510 g/mol. The summed E-state index contributed by atoms with van der Waals surface area (Å²) in [5, 5.41) is 269. The van der Waals surface area contributed by atoms with Gasteiger partial charge in [0.25, 0.3) is 5.79 Å². The third-order valence-corrected chi connectivity index (χ3v) is 18.8. The summed E-state index contributed by atoms with van der Waals surface area (Å²) < 4.78 is 87.8. The van der Waals surface area contributed by atoms with Gasteiger partial charge in [0.15, 0.2) is 44.0 Å². The van der Waals surface area contributed by atoms with Crippen molar-refractivity contribution < 1.29 is 213 Å². The minimum atomic E-state index is -3.06. The number of aliphatic hydroxyl groups is 23. The first-order valence-electron chi connectivity index (χ1n) is 32.6. The summed E-state index contributed by atoms with van der Waals surface area (Å²) in [6.07, 6.45) is -77.4. The standard InChI is InChI=1S/C57H95N3O43/c1-13-28(71)34(77)39(82)52(91-13)101-47-27(60-16(4)68)50(94-22(10-65)45(47)100-53-40(83)35(78)30(73)19(7-62)93-53)89-11-23-32(75)48(42(85)55(96-23)99-44-20(8-63)92-49(86)38(81)37(44)80)102-51-26(59-15(3)67)33(76)43(21(9-64)95-51)98-54-41(84)36(79)31(74)24(97-54)12-90-57(56(87)88)5-17(69)25(58-14(2)66)46(103-57)29(72)18(70)6-61/h13,17-55,61-65,69-86H,5-12H2,1-4H3,(H,58,66)(H,59,67)(H,60,68)(H,87,88). The summed E-state index contributed by atoms with van der Waals surface area (Å²) in [7, 11) is 0. The van der Waals surface area contributed by atoms with Crippen molar-refractivity contribution in [3.05, 3.63) is 0 Å². The van der Waals surface area contributed by atoms with E-state index in [2.05, 4.69) is 16.0 Å². The van der Waals surface area contributed by atoms with E-state index in [0.29, 0.717) is 0 Å². The van der Waals surface area contributed by atoms with Crippen LogP contribution in [0.15, 0.2) is 0 Å². The van der Waals surface area contributed by atoms with E-state index in [0.717, 1.165) is 20.8 Å². The average Bonchev–Trinajstić information content (AvgIpc) is 0.773. The Morgan fingerprint density at radius 3 is 1.39 bits per heavy atom. The topological polar surface area (TPSA) is 728 Å². The first kappa shape index (κ1) is 85.0. The second-order valence-corrected chi connectivity index (χ2v) is 26.1. The zero-order valence-corrected chi connectivity index (χ0v) is 55.2. The summed E-state index contributed by atoms with van der Waals surface area (Å²) in [5.41, 5.74) is 0. The van der Waals surface area contributed by atoms with Gasteiger partial charge in [0, 0.05) is 27.2 Å². The van der Waals surface area contributed by atoms with Crippen LogP contribution < -0.4 is 16.0 Å². The van der Waals surface area contributed by atoms with Gasteiger partial charge in [0.2, 0.25) is 17.7 Å². The number of carbonyl (C=O) groups excluding carboxylic acids is 3. The van der Waals surface area contributed by atoms with Crippen LogP contribution in [-0.2, 0) is 90.2 Å². The van der Waals surface area contributed by atoms with Crippen LogP contribution in [0.5, 0.6) is 0 Å². The van der Waals surface area contributed by atoms with Gasteiger partial charge in [-0.3, -0.25) is 14.4 Å². The summed E-state index contributed by atoms with van der Waals surface area (Å²) in [4.78, 5) is 51.3. The molecule has 3 amide bonds. The molecular formula is C57H95N3O43. The Hall–Kier alpha value is -3.64. The van der Waals surface area contributed by atoms with Crippen molar-refractivity contribution in [2.24, 2.45) is 0 Å². The fourth-order valence-corrected chi connectivity index (χ4v) is 13.1. The van der Waals surface area contributed by atoms with Gasteiger partial charge < -0.3 is 210 Å². The minimum Gasteiger partial charge on any atom is -0.477 e. The smallest absolute Gasteiger partial charge is 0.364 e. The van der Waals surface area contributed by atoms with E-state index in [1.165, 1.54) is 6.92 Å². The number of aliphatic carboxylic acids is 1. The molecule has 41 atom stereocenters. The number of amides is 3. The van der Waals surface area contributed by atoms with Crippen molar-refractivity contribution in [3.8, 4) is 0 Å². The maximum Gasteiger partial charge on any atom is 0.364 e. The molecule has 0 radical (unpaired) electrons. The molecule has 0 aromatic carbocycles. The number of carbonyl (C=O) groups is 4. The molecule has 27 N–H and O–H groups in total. The number of aliphatic hydroxyl groups excluding tert-OH is 23. The summed E-state index contributed by atoms with van der Waals surface area (Å²) >= 11 is 0. The molecule has 8 aliphatic rings. The Balaban J connectivity index is 1.08. The third-order valence-electron chi connectivity index (χ3n) is 18.8. The highest BCUT2D eigenvalue weighted by Gasteiger charge is 2.61. The fraction of sp³-hybridized carbons (Fsp3) is 0.930. The SMILES string of the molecule is CC(=O)NC1C(OC2C(O)C(COC3OC(CO)C(OC4OC(CO)C(O)C(O)C4O)C(OC4OC(C)C(O)C(O)C4O)C3NC(C)=O)OC(OC3C(CO)OC(O)C(O)C3O)C2O)OC(CO)C(OC2OC(COC3(C(=O)O)CC(O)C(NC(C)=O)C(C(O)C(O)CO)O3)C(O)C(O)C2O)C1O. The molecule has 8 rings (SSSR count). The molecule has 0 aromatic heterocycles. The molecule has 41 unspecified atom stereocenters. The molecule has 8 saturated heterocycles. The molecule has 0 aromatic rings. The van der Waals surface area contributed by atoms with Crippen molar-refractivity contribution in [2.45, 2.75) is 285 Å². The molecule has 8 heterocycles. The Morgan fingerprint density at radius 2 is 0.845 bits per heavy atom. The van der Waals surface area contributed by atoms with Crippen molar-refractivity contribution in [3.63, 3.8) is 0 Å². The number of nitrogens with one attached hydrogen (secondary N) is 3. The van der Waals surface area contributed by atoms with Gasteiger partial charge in [-0.25, -0.2) is 4.79 Å². The molecule has 8 aliphatic heterocycles. The lowest BCUT2D eigenvalue weighted by atomic mass is 9.88. The van der Waals surface area contributed by atoms with Crippen molar-refractivity contribution in [2.75, 3.05) is 46.2 Å². The molecule has 0 aliphatic carbocycles. The first-order valence-corrected chi connectivity index (χ1v) is 32.6. The molecule has 596 valence electrons. The van der Waals surface area contributed by atoms with E-state index in [4.69, 9.17) is 71.1 Å². The van der Waals surface area contributed by atoms with E-state index in [9.17, 15) is 142 Å². The van der Waals surface area contributed by atoms with Gasteiger partial charge in [0.1, 0.15) is 183 Å². The Morgan fingerprint density at radius 1 is 0.417 bits per heavy atom. The normalized spacial score (nSPS) is 48.3. The summed E-state index contributed by atoms with van der Waals surface area (Å²) in [5.74, 6) is -7.83. The first-order chi connectivity index (χ1) is 48.5. The zero-order valence-electron chi connectivity index (χ0n) is 55.2.